The summed E-state index contributed by atoms with van der Waals surface area (Å²) in [7, 11) is 0. The van der Waals surface area contributed by atoms with Crippen LogP contribution in [0.1, 0.15) is 26.2 Å². The molecule has 1 atom stereocenters. The zero-order valence-corrected chi connectivity index (χ0v) is 12.3. The van der Waals surface area contributed by atoms with Crippen molar-refractivity contribution in [3.63, 3.8) is 0 Å². The molecule has 0 aliphatic heterocycles. The molecule has 1 aromatic carbocycles. The fourth-order valence-corrected chi connectivity index (χ4v) is 1.84. The van der Waals surface area contributed by atoms with Crippen LogP contribution in [0.3, 0.4) is 0 Å². The summed E-state index contributed by atoms with van der Waals surface area (Å²) in [5.74, 6) is 0. The van der Waals surface area contributed by atoms with Crippen LogP contribution in [-0.4, -0.2) is 23.8 Å². The predicted octanol–water partition coefficient (Wildman–Crippen LogP) is 3.67. The summed E-state index contributed by atoms with van der Waals surface area (Å²) in [5, 5.41) is 15.6. The van der Waals surface area contributed by atoms with E-state index in [0.29, 0.717) is 28.7 Å². The second kappa shape index (κ2) is 8.25. The van der Waals surface area contributed by atoms with E-state index in [1.54, 1.807) is 18.2 Å². The molecule has 0 aliphatic carbocycles. The van der Waals surface area contributed by atoms with Crippen molar-refractivity contribution in [2.45, 2.75) is 32.3 Å². The topological polar surface area (TPSA) is 61.4 Å². The summed E-state index contributed by atoms with van der Waals surface area (Å²) >= 11 is 11.7. The van der Waals surface area contributed by atoms with Crippen molar-refractivity contribution in [1.29, 1.82) is 0 Å². The van der Waals surface area contributed by atoms with Gasteiger partial charge in [-0.1, -0.05) is 30.1 Å². The third-order valence-corrected chi connectivity index (χ3v) is 3.21. The van der Waals surface area contributed by atoms with Crippen LogP contribution < -0.4 is 10.6 Å². The number of nitrogens with one attached hydrogen (secondary N) is 2. The standard InChI is InChI=1S/C13H18Cl2N2O2/c1-2-10(18)4-3-7-16-13(19)17-12-8-9(14)5-6-11(12)15/h5-6,8,10,18H,2-4,7H2,1H3,(H2,16,17,19). The van der Waals surface area contributed by atoms with E-state index < -0.39 is 0 Å². The molecular formula is C13H18Cl2N2O2. The Morgan fingerprint density at radius 2 is 2.16 bits per heavy atom. The maximum absolute atomic E-state index is 11.6. The van der Waals surface area contributed by atoms with Crippen molar-refractivity contribution in [3.8, 4) is 0 Å². The van der Waals surface area contributed by atoms with E-state index >= 15 is 0 Å². The molecular weight excluding hydrogens is 287 g/mol. The van der Waals surface area contributed by atoms with Crippen LogP contribution in [0.5, 0.6) is 0 Å². The van der Waals surface area contributed by atoms with Gasteiger partial charge in [-0.3, -0.25) is 0 Å². The van der Waals surface area contributed by atoms with Crippen LogP contribution in [-0.2, 0) is 0 Å². The van der Waals surface area contributed by atoms with E-state index in [4.69, 9.17) is 23.2 Å². The number of carbonyl (C=O) groups is 1. The van der Waals surface area contributed by atoms with Gasteiger partial charge in [-0.15, -0.1) is 0 Å². The number of aliphatic hydroxyl groups excluding tert-OH is 1. The zero-order chi connectivity index (χ0) is 14.3. The van der Waals surface area contributed by atoms with Crippen LogP contribution >= 0.6 is 23.2 Å². The second-order valence-corrected chi connectivity index (χ2v) is 5.05. The Morgan fingerprint density at radius 1 is 1.42 bits per heavy atom. The number of hydrogen-bond acceptors (Lipinski definition) is 2. The Balaban J connectivity index is 2.33. The van der Waals surface area contributed by atoms with Crippen molar-refractivity contribution in [2.24, 2.45) is 0 Å². The predicted molar refractivity (Wildman–Crippen MR) is 79.0 cm³/mol. The average Bonchev–Trinajstić information content (AvgIpc) is 2.38. The molecule has 0 bridgehead atoms. The van der Waals surface area contributed by atoms with Crippen molar-refractivity contribution in [3.05, 3.63) is 28.2 Å². The minimum atomic E-state index is -0.338. The van der Waals surface area contributed by atoms with E-state index in [2.05, 4.69) is 10.6 Å². The lowest BCUT2D eigenvalue weighted by molar-refractivity contribution is 0.157. The molecule has 2 amide bonds. The van der Waals surface area contributed by atoms with Gasteiger partial charge in [-0.25, -0.2) is 4.79 Å². The number of anilines is 1. The monoisotopic (exact) mass is 304 g/mol. The van der Waals surface area contributed by atoms with Crippen molar-refractivity contribution >= 4 is 34.9 Å². The largest absolute Gasteiger partial charge is 0.393 e. The van der Waals surface area contributed by atoms with Gasteiger partial charge in [0.2, 0.25) is 0 Å². The average molecular weight is 305 g/mol. The number of amides is 2. The van der Waals surface area contributed by atoms with E-state index in [0.717, 1.165) is 12.8 Å². The first-order chi connectivity index (χ1) is 9.02. The molecule has 19 heavy (non-hydrogen) atoms. The van der Waals surface area contributed by atoms with Gasteiger partial charge in [-0.2, -0.15) is 0 Å². The molecule has 1 rings (SSSR count). The van der Waals surface area contributed by atoms with Crippen LogP contribution in [0.25, 0.3) is 0 Å². The van der Waals surface area contributed by atoms with Crippen LogP contribution in [0.15, 0.2) is 18.2 Å². The molecule has 0 fully saturated rings. The highest BCUT2D eigenvalue weighted by Crippen LogP contribution is 2.25. The van der Waals surface area contributed by atoms with Crippen molar-refractivity contribution in [2.75, 3.05) is 11.9 Å². The third kappa shape index (κ3) is 6.14. The van der Waals surface area contributed by atoms with Crippen molar-refractivity contribution < 1.29 is 9.90 Å². The highest BCUT2D eigenvalue weighted by molar-refractivity contribution is 6.35. The van der Waals surface area contributed by atoms with E-state index in [9.17, 15) is 9.90 Å². The Labute approximate surface area is 123 Å². The molecule has 6 heteroatoms. The van der Waals surface area contributed by atoms with Crippen molar-refractivity contribution in [1.82, 2.24) is 5.32 Å². The fraction of sp³-hybridized carbons (Fsp3) is 0.462. The molecule has 0 aromatic heterocycles. The third-order valence-electron chi connectivity index (χ3n) is 2.65. The summed E-state index contributed by atoms with van der Waals surface area (Å²) < 4.78 is 0. The second-order valence-electron chi connectivity index (χ2n) is 4.21. The van der Waals surface area contributed by atoms with Gasteiger partial charge >= 0.3 is 6.03 Å². The maximum Gasteiger partial charge on any atom is 0.319 e. The highest BCUT2D eigenvalue weighted by Gasteiger charge is 2.06. The molecule has 1 aromatic rings. The van der Waals surface area contributed by atoms with E-state index in [1.807, 2.05) is 6.92 Å². The molecule has 4 nitrogen and oxygen atoms in total. The smallest absolute Gasteiger partial charge is 0.319 e. The van der Waals surface area contributed by atoms with E-state index in [-0.39, 0.29) is 12.1 Å². The SMILES string of the molecule is CCC(O)CCCNC(=O)Nc1cc(Cl)ccc1Cl. The lowest BCUT2D eigenvalue weighted by atomic mass is 10.1. The minimum Gasteiger partial charge on any atom is -0.393 e. The number of carbonyl (C=O) groups excluding carboxylic acids is 1. The van der Waals surface area contributed by atoms with Gasteiger partial charge in [0.1, 0.15) is 0 Å². The first-order valence-corrected chi connectivity index (χ1v) is 6.96. The quantitative estimate of drug-likeness (QED) is 0.702. The van der Waals surface area contributed by atoms with Gasteiger partial charge < -0.3 is 15.7 Å². The summed E-state index contributed by atoms with van der Waals surface area (Å²) in [5.41, 5.74) is 0.472. The summed E-state index contributed by atoms with van der Waals surface area (Å²) in [6.07, 6.45) is 1.83. The molecule has 0 saturated carbocycles. The zero-order valence-electron chi connectivity index (χ0n) is 10.7. The molecule has 0 radical (unpaired) electrons. The Morgan fingerprint density at radius 3 is 2.84 bits per heavy atom. The highest BCUT2D eigenvalue weighted by atomic mass is 35.5. The molecule has 0 heterocycles. The molecule has 3 N–H and O–H groups in total. The number of aliphatic hydroxyl groups is 1. The lowest BCUT2D eigenvalue weighted by Crippen LogP contribution is -2.30. The molecule has 0 aliphatic rings. The molecule has 106 valence electrons. The summed E-state index contributed by atoms with van der Waals surface area (Å²) in [6.45, 7) is 2.42. The molecule has 1 unspecified atom stereocenters. The van der Waals surface area contributed by atoms with Gasteiger partial charge in [0.05, 0.1) is 16.8 Å². The lowest BCUT2D eigenvalue weighted by Gasteiger charge is -2.10. The van der Waals surface area contributed by atoms with Gasteiger partial charge in [-0.05, 0) is 37.5 Å². The van der Waals surface area contributed by atoms with E-state index in [1.165, 1.54) is 0 Å². The number of benzene rings is 1. The summed E-state index contributed by atoms with van der Waals surface area (Å²) in [4.78, 5) is 11.6. The Hall–Kier alpha value is -0.970. The van der Waals surface area contributed by atoms with Gasteiger partial charge in [0.15, 0.2) is 0 Å². The molecule has 0 saturated heterocycles. The van der Waals surface area contributed by atoms with Crippen LogP contribution in [0.4, 0.5) is 10.5 Å². The number of urea groups is 1. The first kappa shape index (κ1) is 16.1. The maximum atomic E-state index is 11.6. The van der Waals surface area contributed by atoms with Crippen LogP contribution in [0, 0.1) is 0 Å². The fourth-order valence-electron chi connectivity index (χ4n) is 1.50. The van der Waals surface area contributed by atoms with Gasteiger partial charge in [0, 0.05) is 11.6 Å². The minimum absolute atomic E-state index is 0.299. The Kier molecular flexibility index (Phi) is 6.99. The normalized spacial score (nSPS) is 12.0. The number of rotatable bonds is 6. The number of hydrogen-bond donors (Lipinski definition) is 3. The summed E-state index contributed by atoms with van der Waals surface area (Å²) in [6, 6.07) is 4.52. The Bertz CT molecular complexity index is 427. The van der Waals surface area contributed by atoms with Gasteiger partial charge in [0.25, 0.3) is 0 Å². The van der Waals surface area contributed by atoms with Crippen LogP contribution in [0.2, 0.25) is 10.0 Å². The molecule has 0 spiro atoms. The first-order valence-electron chi connectivity index (χ1n) is 6.21. The number of halogens is 2.